The fourth-order valence-electron chi connectivity index (χ4n) is 5.54. The second-order valence-electron chi connectivity index (χ2n) is 9.60. The van der Waals surface area contributed by atoms with Gasteiger partial charge in [0.25, 0.3) is 15.9 Å². The first kappa shape index (κ1) is 27.6. The van der Waals surface area contributed by atoms with E-state index in [-0.39, 0.29) is 46.0 Å². The lowest BCUT2D eigenvalue weighted by molar-refractivity contribution is -0.138. The molecule has 1 unspecified atom stereocenters. The molecule has 1 saturated heterocycles. The molecule has 9 nitrogen and oxygen atoms in total. The lowest BCUT2D eigenvalue weighted by Gasteiger charge is -2.42. The van der Waals surface area contributed by atoms with E-state index >= 15 is 0 Å². The maximum absolute atomic E-state index is 14.9. The Morgan fingerprint density at radius 2 is 1.92 bits per heavy atom. The molecule has 3 heterocycles. The number of aliphatic hydroxyl groups excluding tert-OH is 1. The van der Waals surface area contributed by atoms with E-state index in [0.717, 1.165) is 15.6 Å². The number of likely N-dealkylation sites (N-methyl/N-ethyl adjacent to an activating group) is 1. The number of hydrogen-bond donors (Lipinski definition) is 1. The Morgan fingerprint density at radius 3 is 2.59 bits per heavy atom. The number of β-amino-alcohol motifs (C(OH)–C–C–N with tert-alkyl or cyclic N) is 1. The van der Waals surface area contributed by atoms with Gasteiger partial charge in [-0.2, -0.15) is 12.7 Å². The first-order chi connectivity index (χ1) is 18.5. The van der Waals surface area contributed by atoms with E-state index in [1.54, 1.807) is 67.7 Å². The molecule has 0 bridgehead atoms. The van der Waals surface area contributed by atoms with Crippen molar-refractivity contribution in [2.75, 3.05) is 31.6 Å². The van der Waals surface area contributed by atoms with Gasteiger partial charge in [0.05, 0.1) is 24.4 Å². The van der Waals surface area contributed by atoms with E-state index in [0.29, 0.717) is 11.3 Å². The van der Waals surface area contributed by atoms with Crippen molar-refractivity contribution in [3.05, 3.63) is 76.1 Å². The monoisotopic (exact) mass is 589 g/mol. The number of carbonyl (C=O) groups excluding carboxylic acids is 2. The van der Waals surface area contributed by atoms with E-state index in [1.807, 2.05) is 0 Å². The Hall–Kier alpha value is -2.96. The number of aliphatic hydroxyl groups is 1. The van der Waals surface area contributed by atoms with Crippen molar-refractivity contribution < 1.29 is 27.9 Å². The third kappa shape index (κ3) is 4.23. The molecule has 0 spiro atoms. The smallest absolute Gasteiger partial charge is 0.280 e. The number of ether oxygens (including phenoxy) is 1. The molecule has 2 amide bonds. The number of amides is 2. The van der Waals surface area contributed by atoms with Crippen LogP contribution in [0.2, 0.25) is 5.02 Å². The van der Waals surface area contributed by atoms with Crippen LogP contribution in [-0.4, -0.2) is 74.5 Å². The molecule has 39 heavy (non-hydrogen) atoms. The molecule has 1 N–H and O–H groups in total. The Labute approximate surface area is 236 Å². The average molecular weight is 590 g/mol. The van der Waals surface area contributed by atoms with Crippen LogP contribution in [0, 0.1) is 0 Å². The number of fused-ring (bicyclic) bond motifs is 1. The lowest BCUT2D eigenvalue weighted by Crippen LogP contribution is -2.59. The third-order valence-corrected chi connectivity index (χ3v) is 10.4. The van der Waals surface area contributed by atoms with Crippen LogP contribution in [0.4, 0.5) is 5.69 Å². The molecule has 2 aromatic carbocycles. The second-order valence-corrected chi connectivity index (χ2v) is 13.0. The van der Waals surface area contributed by atoms with Gasteiger partial charge in [0.2, 0.25) is 5.91 Å². The summed E-state index contributed by atoms with van der Waals surface area (Å²) >= 11 is 7.48. The Kier molecular flexibility index (Phi) is 7.23. The van der Waals surface area contributed by atoms with Crippen LogP contribution < -0.4 is 9.04 Å². The Bertz CT molecular complexity index is 1530. The number of carbonyl (C=O) groups is 2. The van der Waals surface area contributed by atoms with Gasteiger partial charge >= 0.3 is 0 Å². The number of sulfonamides is 1. The number of hydrogen-bond acceptors (Lipinski definition) is 8. The number of anilines is 1. The fraction of sp³-hybridized carbons (Fsp3) is 0.333. The average Bonchev–Trinajstić information content (AvgIpc) is 3.62. The summed E-state index contributed by atoms with van der Waals surface area (Å²) in [7, 11) is -1.14. The molecular formula is C27H28ClN3O6S2. The van der Waals surface area contributed by atoms with Gasteiger partial charge in [0, 0.05) is 36.8 Å². The highest BCUT2D eigenvalue weighted by Gasteiger charge is 2.64. The molecule has 3 atom stereocenters. The Balaban J connectivity index is 1.88. The van der Waals surface area contributed by atoms with Gasteiger partial charge in [0.15, 0.2) is 5.54 Å². The van der Waals surface area contributed by atoms with Gasteiger partial charge in [0.1, 0.15) is 9.96 Å². The fourth-order valence-corrected chi connectivity index (χ4v) is 8.24. The van der Waals surface area contributed by atoms with Crippen LogP contribution in [0.3, 0.4) is 0 Å². The molecule has 0 radical (unpaired) electrons. The highest BCUT2D eigenvalue weighted by atomic mass is 35.5. The summed E-state index contributed by atoms with van der Waals surface area (Å²) < 4.78 is 34.7. The minimum absolute atomic E-state index is 0.00646. The standard InChI is InChI=1S/C27H28ClN3O6S2/c1-4-37-23-9-6-5-8-19(23)27(30-16-18(32)15-22(30)25(33)29(2)3)20-14-17(28)11-12-21(20)31(26(27)34)39(35,36)24-10-7-13-38-24/h5-14,18,22,32H,4,15-16H2,1-3H3/t18-,22+,27?/m1/s1. The topological polar surface area (TPSA) is 107 Å². The van der Waals surface area contributed by atoms with E-state index in [9.17, 15) is 23.1 Å². The number of halogens is 1. The number of likely N-dealkylation sites (tertiary alicyclic amines) is 1. The summed E-state index contributed by atoms with van der Waals surface area (Å²) in [6.45, 7) is 2.02. The minimum atomic E-state index is -4.34. The predicted octanol–water partition coefficient (Wildman–Crippen LogP) is 3.30. The van der Waals surface area contributed by atoms with Crippen LogP contribution in [0.5, 0.6) is 5.75 Å². The largest absolute Gasteiger partial charge is 0.493 e. The van der Waals surface area contributed by atoms with E-state index in [1.165, 1.54) is 23.1 Å². The molecule has 2 aliphatic rings. The number of nitrogens with zero attached hydrogens (tertiary/aromatic N) is 3. The summed E-state index contributed by atoms with van der Waals surface area (Å²) in [6.07, 6.45) is -0.871. The second kappa shape index (κ2) is 10.2. The molecule has 1 fully saturated rings. The van der Waals surface area contributed by atoms with E-state index in [4.69, 9.17) is 16.3 Å². The van der Waals surface area contributed by atoms with Crippen LogP contribution in [0.15, 0.2) is 64.2 Å². The highest BCUT2D eigenvalue weighted by molar-refractivity contribution is 7.95. The molecule has 5 rings (SSSR count). The molecule has 12 heteroatoms. The quantitative estimate of drug-likeness (QED) is 0.450. The first-order valence-electron chi connectivity index (χ1n) is 12.4. The summed E-state index contributed by atoms with van der Waals surface area (Å²) in [6, 6.07) is 13.6. The van der Waals surface area contributed by atoms with E-state index in [2.05, 4.69) is 0 Å². The number of para-hydroxylation sites is 1. The van der Waals surface area contributed by atoms with E-state index < -0.39 is 33.6 Å². The highest BCUT2D eigenvalue weighted by Crippen LogP contribution is 2.55. The van der Waals surface area contributed by atoms with Gasteiger partial charge in [-0.1, -0.05) is 35.9 Å². The Morgan fingerprint density at radius 1 is 1.18 bits per heavy atom. The van der Waals surface area contributed by atoms with Gasteiger partial charge in [-0.15, -0.1) is 11.3 Å². The molecule has 0 saturated carbocycles. The first-order valence-corrected chi connectivity index (χ1v) is 15.1. The zero-order valence-electron chi connectivity index (χ0n) is 21.6. The minimum Gasteiger partial charge on any atom is -0.493 e. The third-order valence-electron chi connectivity index (χ3n) is 7.06. The number of rotatable bonds is 7. The van der Waals surface area contributed by atoms with Gasteiger partial charge < -0.3 is 14.7 Å². The van der Waals surface area contributed by atoms with Crippen molar-refractivity contribution in [3.8, 4) is 5.75 Å². The molecule has 206 valence electrons. The SMILES string of the molecule is CCOc1ccccc1C1(N2C[C@H](O)C[C@H]2C(=O)N(C)C)C(=O)N(S(=O)(=O)c2cccs2)c2ccc(Cl)cc21. The number of benzene rings is 2. The molecule has 1 aromatic heterocycles. The zero-order valence-corrected chi connectivity index (χ0v) is 24.0. The van der Waals surface area contributed by atoms with Crippen molar-refractivity contribution >= 4 is 50.5 Å². The molecule has 0 aliphatic carbocycles. The van der Waals surface area contributed by atoms with Gasteiger partial charge in [-0.05, 0) is 49.1 Å². The zero-order chi connectivity index (χ0) is 28.1. The normalized spacial score (nSPS) is 23.2. The van der Waals surface area contributed by atoms with Gasteiger partial charge in [-0.3, -0.25) is 14.5 Å². The lowest BCUT2D eigenvalue weighted by atomic mass is 9.80. The van der Waals surface area contributed by atoms with Crippen molar-refractivity contribution in [1.82, 2.24) is 9.80 Å². The van der Waals surface area contributed by atoms with Crippen molar-refractivity contribution in [1.29, 1.82) is 0 Å². The van der Waals surface area contributed by atoms with Crippen LogP contribution in [0.1, 0.15) is 24.5 Å². The molecular weight excluding hydrogens is 562 g/mol. The van der Waals surface area contributed by atoms with Crippen LogP contribution in [-0.2, 0) is 25.2 Å². The number of thiophene rings is 1. The maximum Gasteiger partial charge on any atom is 0.280 e. The van der Waals surface area contributed by atoms with Crippen LogP contribution >= 0.6 is 22.9 Å². The van der Waals surface area contributed by atoms with Gasteiger partial charge in [-0.25, -0.2) is 0 Å². The summed E-state index contributed by atoms with van der Waals surface area (Å²) in [4.78, 5) is 31.4. The molecule has 2 aliphatic heterocycles. The maximum atomic E-state index is 14.9. The summed E-state index contributed by atoms with van der Waals surface area (Å²) in [5.74, 6) is -0.770. The van der Waals surface area contributed by atoms with Crippen molar-refractivity contribution in [2.24, 2.45) is 0 Å². The van der Waals surface area contributed by atoms with Crippen LogP contribution in [0.25, 0.3) is 0 Å². The van der Waals surface area contributed by atoms with Crippen molar-refractivity contribution in [2.45, 2.75) is 35.2 Å². The molecule has 3 aromatic rings. The summed E-state index contributed by atoms with van der Waals surface area (Å²) in [5, 5.41) is 12.8. The van der Waals surface area contributed by atoms with Crippen molar-refractivity contribution in [3.63, 3.8) is 0 Å². The summed E-state index contributed by atoms with van der Waals surface area (Å²) in [5.41, 5.74) is -1.07. The predicted molar refractivity (Wildman–Crippen MR) is 149 cm³/mol.